The van der Waals surface area contributed by atoms with Crippen LogP contribution in [0.1, 0.15) is 24.8 Å². The van der Waals surface area contributed by atoms with Crippen molar-refractivity contribution in [1.82, 2.24) is 15.5 Å². The maximum Gasteiger partial charge on any atom is 0.322 e. The number of amides is 2. The zero-order valence-electron chi connectivity index (χ0n) is 20.5. The molecule has 2 amide bonds. The van der Waals surface area contributed by atoms with Gasteiger partial charge in [-0.3, -0.25) is 28.9 Å². The van der Waals surface area contributed by atoms with Crippen molar-refractivity contribution in [2.75, 3.05) is 25.4 Å². The Hall–Kier alpha value is -2.58. The number of carboxylic acid groups (broad SMARTS) is 2. The molecule has 2 rings (SSSR count). The quantitative estimate of drug-likeness (QED) is 0.114. The Labute approximate surface area is 233 Å². The highest BCUT2D eigenvalue weighted by atomic mass is 35.5. The van der Waals surface area contributed by atoms with Crippen LogP contribution in [0.15, 0.2) is 35.9 Å². The van der Waals surface area contributed by atoms with E-state index in [9.17, 15) is 24.0 Å². The molecule has 3 atom stereocenters. The lowest BCUT2D eigenvalue weighted by Crippen LogP contribution is -2.49. The highest BCUT2D eigenvalue weighted by Gasteiger charge is 2.27. The van der Waals surface area contributed by atoms with Crippen molar-refractivity contribution in [2.45, 2.75) is 43.1 Å². The number of hydrogen-bond donors (Lipinski definition) is 5. The summed E-state index contributed by atoms with van der Waals surface area (Å²) in [7, 11) is 2.79. The first-order valence-corrected chi connectivity index (χ1v) is 14.5. The lowest BCUT2D eigenvalue weighted by molar-refractivity contribution is -0.139. The van der Waals surface area contributed by atoms with Gasteiger partial charge in [-0.05, 0) is 36.1 Å². The van der Waals surface area contributed by atoms with Crippen molar-refractivity contribution in [2.24, 2.45) is 5.73 Å². The van der Waals surface area contributed by atoms with Crippen molar-refractivity contribution < 1.29 is 34.2 Å². The van der Waals surface area contributed by atoms with Crippen molar-refractivity contribution >= 4 is 63.2 Å². The van der Waals surface area contributed by atoms with Gasteiger partial charge in [-0.25, -0.2) is 0 Å². The molecule has 1 fully saturated rings. The zero-order valence-corrected chi connectivity index (χ0v) is 22.9. The van der Waals surface area contributed by atoms with E-state index in [0.717, 1.165) is 30.4 Å². The molecule has 0 aromatic heterocycles. The van der Waals surface area contributed by atoms with Crippen LogP contribution < -0.4 is 16.4 Å². The van der Waals surface area contributed by atoms with Gasteiger partial charge in [0.15, 0.2) is 0 Å². The van der Waals surface area contributed by atoms with Crippen LogP contribution in [0, 0.1) is 0 Å². The van der Waals surface area contributed by atoms with Gasteiger partial charge in [0, 0.05) is 42.1 Å². The topological polar surface area (TPSA) is 179 Å². The number of nitrogens with zero attached hydrogens (tertiary/aromatic N) is 1. The fourth-order valence-corrected chi connectivity index (χ4v) is 6.70. The third kappa shape index (κ3) is 11.0. The number of nitrogens with one attached hydrogen (secondary N) is 2. The average Bonchev–Trinajstić information content (AvgIpc) is 2.87. The molecule has 0 aliphatic carbocycles. The predicted octanol–water partition coefficient (Wildman–Crippen LogP) is 1.30. The standard InChI is InChI=1S/C24H31ClN4O7S2/c25-17-4-2-1-3-15(17)12-29-9-7-20(16(13-29)8-10-30)38-37-14-19(23(34)27-11-22(32)33)28-21(31)6-5-18(26)24(35)36/h1-4,8,10,18-20H,5-7,9,11-14,26H2,(H,27,34)(H,28,31)(H,32,33)(H,35,36)/b16-8-. The first-order valence-electron chi connectivity index (χ1n) is 11.8. The lowest BCUT2D eigenvalue weighted by atomic mass is 10.0. The van der Waals surface area contributed by atoms with Crippen molar-refractivity contribution in [3.8, 4) is 0 Å². The third-order valence-electron chi connectivity index (χ3n) is 5.65. The number of piperidine rings is 1. The Morgan fingerprint density at radius 1 is 1.24 bits per heavy atom. The summed E-state index contributed by atoms with van der Waals surface area (Å²) >= 11 is 6.29. The molecule has 1 aromatic carbocycles. The molecule has 1 aliphatic rings. The first kappa shape index (κ1) is 31.6. The Morgan fingerprint density at radius 3 is 2.63 bits per heavy atom. The number of carbonyl (C=O) groups is 5. The third-order valence-corrected chi connectivity index (χ3v) is 8.90. The van der Waals surface area contributed by atoms with E-state index in [2.05, 4.69) is 15.5 Å². The highest BCUT2D eigenvalue weighted by molar-refractivity contribution is 8.77. The van der Waals surface area contributed by atoms with Gasteiger partial charge in [0.1, 0.15) is 24.9 Å². The average molecular weight is 587 g/mol. The molecule has 1 heterocycles. The molecule has 208 valence electrons. The van der Waals surface area contributed by atoms with Crippen LogP contribution in [0.4, 0.5) is 0 Å². The molecule has 1 saturated heterocycles. The maximum atomic E-state index is 12.5. The smallest absolute Gasteiger partial charge is 0.322 e. The van der Waals surface area contributed by atoms with Crippen LogP contribution in [0.5, 0.6) is 0 Å². The number of carboxylic acids is 2. The second kappa shape index (κ2) is 16.4. The fourth-order valence-electron chi connectivity index (χ4n) is 3.62. The number of aldehydes is 1. The van der Waals surface area contributed by atoms with Gasteiger partial charge >= 0.3 is 11.9 Å². The van der Waals surface area contributed by atoms with Gasteiger partial charge in [0.05, 0.1) is 0 Å². The number of halogens is 1. The summed E-state index contributed by atoms with van der Waals surface area (Å²) in [5, 5.41) is 23.2. The van der Waals surface area contributed by atoms with E-state index in [0.29, 0.717) is 18.1 Å². The lowest BCUT2D eigenvalue weighted by Gasteiger charge is -2.34. The van der Waals surface area contributed by atoms with Gasteiger partial charge in [0.25, 0.3) is 0 Å². The van der Waals surface area contributed by atoms with Crippen molar-refractivity contribution in [3.63, 3.8) is 0 Å². The molecule has 11 nitrogen and oxygen atoms in total. The molecule has 0 saturated carbocycles. The van der Waals surface area contributed by atoms with Crippen molar-refractivity contribution in [3.05, 3.63) is 46.5 Å². The Bertz CT molecular complexity index is 1040. The molecule has 6 N–H and O–H groups in total. The minimum atomic E-state index is -1.24. The highest BCUT2D eigenvalue weighted by Crippen LogP contribution is 2.37. The van der Waals surface area contributed by atoms with Crippen LogP contribution in [0.25, 0.3) is 0 Å². The van der Waals surface area contributed by atoms with E-state index in [1.165, 1.54) is 21.6 Å². The zero-order chi connectivity index (χ0) is 28.1. The van der Waals surface area contributed by atoms with E-state index in [-0.39, 0.29) is 23.8 Å². The van der Waals surface area contributed by atoms with Crippen LogP contribution in [0.3, 0.4) is 0 Å². The van der Waals surface area contributed by atoms with Crippen molar-refractivity contribution in [1.29, 1.82) is 0 Å². The minimum Gasteiger partial charge on any atom is -0.480 e. The molecular formula is C24H31ClN4O7S2. The van der Waals surface area contributed by atoms with Gasteiger partial charge in [-0.15, -0.1) is 0 Å². The van der Waals surface area contributed by atoms with E-state index in [1.807, 2.05) is 24.3 Å². The molecule has 38 heavy (non-hydrogen) atoms. The summed E-state index contributed by atoms with van der Waals surface area (Å²) in [5.74, 6) is -3.59. The first-order chi connectivity index (χ1) is 18.1. The molecule has 1 aliphatic heterocycles. The second-order valence-corrected chi connectivity index (χ2v) is 11.6. The molecule has 0 spiro atoms. The Balaban J connectivity index is 1.95. The summed E-state index contributed by atoms with van der Waals surface area (Å²) in [6.45, 7) is 1.38. The number of nitrogens with two attached hydrogens (primary N) is 1. The number of likely N-dealkylation sites (tertiary alicyclic amines) is 1. The minimum absolute atomic E-state index is 0.000285. The summed E-state index contributed by atoms with van der Waals surface area (Å²) < 4.78 is 0. The van der Waals surface area contributed by atoms with Crippen LogP contribution in [0.2, 0.25) is 5.02 Å². The van der Waals surface area contributed by atoms with Gasteiger partial charge in [-0.1, -0.05) is 51.4 Å². The Kier molecular flexibility index (Phi) is 13.7. The van der Waals surface area contributed by atoms with E-state index >= 15 is 0 Å². The maximum absolute atomic E-state index is 12.5. The molecule has 0 radical (unpaired) electrons. The van der Waals surface area contributed by atoms with Crippen LogP contribution in [-0.2, 0) is 30.5 Å². The summed E-state index contributed by atoms with van der Waals surface area (Å²) in [5.41, 5.74) is 7.35. The SMILES string of the molecule is NC(CCC(=O)NC(CSSC1CCN(Cc2ccccc2Cl)C/C1=C/C=O)C(=O)NCC(=O)O)C(=O)O. The summed E-state index contributed by atoms with van der Waals surface area (Å²) in [6, 6.07) is 5.33. The van der Waals surface area contributed by atoms with E-state index in [4.69, 9.17) is 27.5 Å². The number of benzene rings is 1. The normalized spacial score (nSPS) is 18.4. The van der Waals surface area contributed by atoms with Gasteiger partial charge in [0.2, 0.25) is 11.8 Å². The number of hydrogen-bond acceptors (Lipinski definition) is 9. The fraction of sp³-hybridized carbons (Fsp3) is 0.458. The summed E-state index contributed by atoms with van der Waals surface area (Å²) in [6.07, 6.45) is 2.72. The predicted molar refractivity (Wildman–Crippen MR) is 147 cm³/mol. The second-order valence-electron chi connectivity index (χ2n) is 8.55. The van der Waals surface area contributed by atoms with Gasteiger partial charge in [-0.2, -0.15) is 0 Å². The number of carbonyl (C=O) groups excluding carboxylic acids is 3. The Morgan fingerprint density at radius 2 is 1.97 bits per heavy atom. The number of allylic oxidation sites excluding steroid dienone is 1. The molecule has 1 aromatic rings. The number of rotatable bonds is 15. The van der Waals surface area contributed by atoms with E-state index in [1.54, 1.807) is 6.08 Å². The molecular weight excluding hydrogens is 556 g/mol. The monoisotopic (exact) mass is 586 g/mol. The molecule has 0 bridgehead atoms. The van der Waals surface area contributed by atoms with Gasteiger partial charge < -0.3 is 26.6 Å². The summed E-state index contributed by atoms with van der Waals surface area (Å²) in [4.78, 5) is 60.0. The molecule has 14 heteroatoms. The van der Waals surface area contributed by atoms with Crippen LogP contribution >= 0.6 is 33.2 Å². The molecule has 3 unspecified atom stereocenters. The largest absolute Gasteiger partial charge is 0.480 e. The number of aliphatic carboxylic acids is 2. The van der Waals surface area contributed by atoms with E-state index < -0.39 is 42.4 Å². The van der Waals surface area contributed by atoms with Crippen LogP contribution in [-0.4, -0.2) is 87.9 Å².